The topological polar surface area (TPSA) is 46.5 Å². The van der Waals surface area contributed by atoms with Crippen LogP contribution in [0.2, 0.25) is 0 Å². The highest BCUT2D eigenvalue weighted by atomic mass is 16.5. The van der Waals surface area contributed by atoms with E-state index in [9.17, 15) is 9.90 Å². The number of rotatable bonds is 3. The van der Waals surface area contributed by atoms with E-state index in [4.69, 9.17) is 4.74 Å². The van der Waals surface area contributed by atoms with Crippen molar-refractivity contribution in [3.8, 4) is 5.75 Å². The van der Waals surface area contributed by atoms with Gasteiger partial charge in [-0.2, -0.15) is 0 Å². The molecular formula is C11H12O3. The summed E-state index contributed by atoms with van der Waals surface area (Å²) in [5, 5.41) is 9.45. The Hall–Kier alpha value is -1.77. The number of hydrogen-bond donors (Lipinski definition) is 1. The Morgan fingerprint density at radius 3 is 2.79 bits per heavy atom. The summed E-state index contributed by atoms with van der Waals surface area (Å²) in [5.74, 6) is -0.377. The number of ether oxygens (including phenoxy) is 1. The summed E-state index contributed by atoms with van der Waals surface area (Å²) in [7, 11) is 0. The smallest absolute Gasteiger partial charge is 0.330 e. The molecule has 0 bridgehead atoms. The molecule has 0 saturated heterocycles. The number of carbonyl (C=O) groups excluding carboxylic acids is 1. The summed E-state index contributed by atoms with van der Waals surface area (Å²) in [6.07, 6.45) is 0.623. The first-order valence-corrected chi connectivity index (χ1v) is 4.26. The molecule has 3 nitrogen and oxygen atoms in total. The van der Waals surface area contributed by atoms with Crippen molar-refractivity contribution < 1.29 is 14.6 Å². The van der Waals surface area contributed by atoms with E-state index in [-0.39, 0.29) is 5.75 Å². The average Bonchev–Trinajstić information content (AvgIpc) is 2.18. The third-order valence-electron chi connectivity index (χ3n) is 1.83. The number of carbonyl (C=O) groups is 1. The number of hydrogen-bond acceptors (Lipinski definition) is 3. The van der Waals surface area contributed by atoms with Crippen LogP contribution < -0.4 is 0 Å². The maximum atomic E-state index is 10.9. The van der Waals surface area contributed by atoms with Crippen molar-refractivity contribution in [1.82, 2.24) is 0 Å². The molecule has 0 aliphatic heterocycles. The SMILES string of the molecule is C=CC(=O)OC(C)c1ccccc1O. The molecule has 74 valence electrons. The van der Waals surface area contributed by atoms with Crippen LogP contribution in [0.4, 0.5) is 0 Å². The van der Waals surface area contributed by atoms with Gasteiger partial charge in [-0.25, -0.2) is 4.79 Å². The van der Waals surface area contributed by atoms with E-state index >= 15 is 0 Å². The second-order valence-electron chi connectivity index (χ2n) is 2.84. The largest absolute Gasteiger partial charge is 0.508 e. The molecule has 0 heterocycles. The Balaban J connectivity index is 2.79. The minimum absolute atomic E-state index is 0.122. The number of phenols is 1. The summed E-state index contributed by atoms with van der Waals surface area (Å²) >= 11 is 0. The first-order valence-electron chi connectivity index (χ1n) is 4.26. The maximum Gasteiger partial charge on any atom is 0.330 e. The molecule has 1 aromatic rings. The summed E-state index contributed by atoms with van der Waals surface area (Å²) in [5.41, 5.74) is 0.586. The molecule has 1 N–H and O–H groups in total. The average molecular weight is 192 g/mol. The fourth-order valence-corrected chi connectivity index (χ4v) is 1.12. The van der Waals surface area contributed by atoms with Gasteiger partial charge in [0.1, 0.15) is 11.9 Å². The number of aromatic hydroxyl groups is 1. The quantitative estimate of drug-likeness (QED) is 0.589. The third kappa shape index (κ3) is 2.36. The monoisotopic (exact) mass is 192 g/mol. The van der Waals surface area contributed by atoms with Gasteiger partial charge in [-0.1, -0.05) is 24.8 Å². The molecule has 0 amide bonds. The van der Waals surface area contributed by atoms with Crippen molar-refractivity contribution in [3.63, 3.8) is 0 Å². The zero-order valence-electron chi connectivity index (χ0n) is 7.93. The minimum atomic E-state index is -0.499. The predicted octanol–water partition coefficient (Wildman–Crippen LogP) is 2.18. The first kappa shape index (κ1) is 10.3. The van der Waals surface area contributed by atoms with E-state index in [1.54, 1.807) is 31.2 Å². The van der Waals surface area contributed by atoms with E-state index in [2.05, 4.69) is 6.58 Å². The van der Waals surface area contributed by atoms with E-state index in [0.29, 0.717) is 5.56 Å². The van der Waals surface area contributed by atoms with Crippen molar-refractivity contribution in [3.05, 3.63) is 42.5 Å². The van der Waals surface area contributed by atoms with Crippen LogP contribution in [0.15, 0.2) is 36.9 Å². The lowest BCUT2D eigenvalue weighted by molar-refractivity contribution is -0.142. The fourth-order valence-electron chi connectivity index (χ4n) is 1.12. The summed E-state index contributed by atoms with van der Waals surface area (Å²) < 4.78 is 4.95. The Bertz CT molecular complexity index is 344. The van der Waals surface area contributed by atoms with Gasteiger partial charge in [-0.15, -0.1) is 0 Å². The first-order chi connectivity index (χ1) is 6.65. The fraction of sp³-hybridized carbons (Fsp3) is 0.182. The molecule has 0 aliphatic rings. The van der Waals surface area contributed by atoms with Crippen molar-refractivity contribution in [1.29, 1.82) is 0 Å². The Morgan fingerprint density at radius 2 is 2.21 bits per heavy atom. The zero-order chi connectivity index (χ0) is 10.6. The van der Waals surface area contributed by atoms with Gasteiger partial charge >= 0.3 is 5.97 Å². The zero-order valence-corrected chi connectivity index (χ0v) is 7.93. The molecular weight excluding hydrogens is 180 g/mol. The van der Waals surface area contributed by atoms with Gasteiger partial charge in [0, 0.05) is 11.6 Å². The Kier molecular flexibility index (Phi) is 3.29. The second-order valence-corrected chi connectivity index (χ2v) is 2.84. The van der Waals surface area contributed by atoms with Gasteiger partial charge < -0.3 is 9.84 Å². The van der Waals surface area contributed by atoms with Crippen LogP contribution in [0.3, 0.4) is 0 Å². The van der Waals surface area contributed by atoms with Gasteiger partial charge in [0.15, 0.2) is 0 Å². The second kappa shape index (κ2) is 4.46. The van der Waals surface area contributed by atoms with E-state index < -0.39 is 12.1 Å². The lowest BCUT2D eigenvalue weighted by Crippen LogP contribution is -2.05. The highest BCUT2D eigenvalue weighted by Gasteiger charge is 2.12. The molecule has 0 spiro atoms. The molecule has 1 rings (SSSR count). The summed E-state index contributed by atoms with van der Waals surface area (Å²) in [6.45, 7) is 4.98. The Morgan fingerprint density at radius 1 is 1.57 bits per heavy atom. The number of para-hydroxylation sites is 1. The maximum absolute atomic E-state index is 10.9. The van der Waals surface area contributed by atoms with Gasteiger partial charge in [0.25, 0.3) is 0 Å². The molecule has 1 atom stereocenters. The highest BCUT2D eigenvalue weighted by Crippen LogP contribution is 2.25. The van der Waals surface area contributed by atoms with Crippen LogP contribution in [0, 0.1) is 0 Å². The van der Waals surface area contributed by atoms with Crippen molar-refractivity contribution >= 4 is 5.97 Å². The highest BCUT2D eigenvalue weighted by molar-refractivity contribution is 5.81. The number of esters is 1. The molecule has 3 heteroatoms. The van der Waals surface area contributed by atoms with Crippen LogP contribution in [-0.4, -0.2) is 11.1 Å². The van der Waals surface area contributed by atoms with Gasteiger partial charge in [0.05, 0.1) is 0 Å². The van der Waals surface area contributed by atoms with E-state index in [0.717, 1.165) is 6.08 Å². The molecule has 0 aliphatic carbocycles. The minimum Gasteiger partial charge on any atom is -0.508 e. The van der Waals surface area contributed by atoms with Crippen LogP contribution in [0.25, 0.3) is 0 Å². The van der Waals surface area contributed by atoms with Crippen molar-refractivity contribution in [2.45, 2.75) is 13.0 Å². The Labute approximate surface area is 82.6 Å². The molecule has 0 saturated carbocycles. The standard InChI is InChI=1S/C11H12O3/c1-3-11(13)14-8(2)9-6-4-5-7-10(9)12/h3-8,12H,1H2,2H3. The molecule has 1 aromatic carbocycles. The van der Waals surface area contributed by atoms with E-state index in [1.165, 1.54) is 0 Å². The van der Waals surface area contributed by atoms with Crippen molar-refractivity contribution in [2.24, 2.45) is 0 Å². The van der Waals surface area contributed by atoms with Crippen LogP contribution >= 0.6 is 0 Å². The number of benzene rings is 1. The molecule has 1 unspecified atom stereocenters. The van der Waals surface area contributed by atoms with Crippen LogP contribution in [0.1, 0.15) is 18.6 Å². The third-order valence-corrected chi connectivity index (χ3v) is 1.83. The normalized spacial score (nSPS) is 11.8. The summed E-state index contributed by atoms with van der Waals surface area (Å²) in [6, 6.07) is 6.73. The molecule has 0 radical (unpaired) electrons. The molecule has 0 aromatic heterocycles. The lowest BCUT2D eigenvalue weighted by atomic mass is 10.1. The number of phenolic OH excluding ortho intramolecular Hbond substituents is 1. The van der Waals surface area contributed by atoms with Crippen LogP contribution in [0.5, 0.6) is 5.75 Å². The predicted molar refractivity (Wildman–Crippen MR) is 52.8 cm³/mol. The summed E-state index contributed by atoms with van der Waals surface area (Å²) in [4.78, 5) is 10.9. The molecule has 0 fully saturated rings. The molecule has 14 heavy (non-hydrogen) atoms. The van der Waals surface area contributed by atoms with E-state index in [1.807, 2.05) is 0 Å². The van der Waals surface area contributed by atoms with Gasteiger partial charge in [-0.05, 0) is 13.0 Å². The van der Waals surface area contributed by atoms with Crippen molar-refractivity contribution in [2.75, 3.05) is 0 Å². The van der Waals surface area contributed by atoms with Gasteiger partial charge in [0.2, 0.25) is 0 Å². The van der Waals surface area contributed by atoms with Crippen LogP contribution in [-0.2, 0) is 9.53 Å². The van der Waals surface area contributed by atoms with Gasteiger partial charge in [-0.3, -0.25) is 0 Å². The lowest BCUT2D eigenvalue weighted by Gasteiger charge is -2.13.